The minimum Gasteiger partial charge on any atom is -0.495 e. The summed E-state index contributed by atoms with van der Waals surface area (Å²) in [5.74, 6) is 0.854. The van der Waals surface area contributed by atoms with E-state index in [0.717, 1.165) is 37.7 Å². The zero-order chi connectivity index (χ0) is 14.6. The smallest absolute Gasteiger partial charge is 0.226 e. The number of ether oxygens (including phenoxy) is 1. The van der Waals surface area contributed by atoms with Crippen LogP contribution in [0.5, 0.6) is 5.75 Å². The molecule has 0 saturated heterocycles. The van der Waals surface area contributed by atoms with Crippen LogP contribution in [0.25, 0.3) is 0 Å². The Kier molecular flexibility index (Phi) is 4.53. The van der Waals surface area contributed by atoms with Gasteiger partial charge in [-0.25, -0.2) is 0 Å². The van der Waals surface area contributed by atoms with Crippen molar-refractivity contribution in [3.63, 3.8) is 0 Å². The maximum Gasteiger partial charge on any atom is 0.226 e. The second-order valence-electron chi connectivity index (χ2n) is 5.60. The zero-order valence-corrected chi connectivity index (χ0v) is 12.4. The Morgan fingerprint density at radius 2 is 2.10 bits per heavy atom. The van der Waals surface area contributed by atoms with Crippen molar-refractivity contribution in [3.05, 3.63) is 23.8 Å². The number of benzene rings is 1. The number of carbonyl (C=O) groups excluding carboxylic acids is 1. The number of nitrogens with one attached hydrogen (secondary N) is 1. The molecule has 1 saturated carbocycles. The minimum absolute atomic E-state index is 0.141. The van der Waals surface area contributed by atoms with Gasteiger partial charge in [0.25, 0.3) is 0 Å². The molecule has 0 heterocycles. The zero-order valence-electron chi connectivity index (χ0n) is 12.4. The van der Waals surface area contributed by atoms with Gasteiger partial charge in [-0.1, -0.05) is 25.8 Å². The highest BCUT2D eigenvalue weighted by molar-refractivity contribution is 5.82. The lowest BCUT2D eigenvalue weighted by molar-refractivity contribution is -0.131. The Bertz CT molecular complexity index is 479. The van der Waals surface area contributed by atoms with E-state index in [4.69, 9.17) is 10.5 Å². The summed E-state index contributed by atoms with van der Waals surface area (Å²) in [5.41, 5.74) is 7.34. The molecule has 1 aromatic carbocycles. The van der Waals surface area contributed by atoms with Crippen LogP contribution in [0.3, 0.4) is 0 Å². The van der Waals surface area contributed by atoms with Crippen LogP contribution in [0.4, 0.5) is 5.69 Å². The minimum atomic E-state index is -0.141. The monoisotopic (exact) mass is 276 g/mol. The number of nitrogen functional groups attached to an aromatic ring is 1. The molecule has 0 spiro atoms. The van der Waals surface area contributed by atoms with E-state index in [-0.39, 0.29) is 11.3 Å². The van der Waals surface area contributed by atoms with Gasteiger partial charge in [0.05, 0.1) is 12.8 Å². The van der Waals surface area contributed by atoms with E-state index in [9.17, 15) is 4.79 Å². The molecular weight excluding hydrogens is 252 g/mol. The standard InChI is InChI=1S/C16H24N2O2/c1-3-16(8-4-5-9-16)15(19)18-11-12-6-7-14(20-2)13(17)10-12/h6-7,10H,3-5,8-9,11,17H2,1-2H3,(H,18,19). The fourth-order valence-corrected chi connectivity index (χ4v) is 3.06. The highest BCUT2D eigenvalue weighted by Gasteiger charge is 2.38. The number of rotatable bonds is 5. The van der Waals surface area contributed by atoms with Crippen LogP contribution in [0.2, 0.25) is 0 Å². The van der Waals surface area contributed by atoms with Crippen molar-refractivity contribution in [1.82, 2.24) is 5.32 Å². The third-order valence-corrected chi connectivity index (χ3v) is 4.47. The second kappa shape index (κ2) is 6.16. The Balaban J connectivity index is 1.98. The Hall–Kier alpha value is -1.71. The normalized spacial score (nSPS) is 16.9. The predicted molar refractivity (Wildman–Crippen MR) is 80.4 cm³/mol. The van der Waals surface area contributed by atoms with Gasteiger partial charge >= 0.3 is 0 Å². The first-order chi connectivity index (χ1) is 9.61. The first-order valence-corrected chi connectivity index (χ1v) is 7.32. The van der Waals surface area contributed by atoms with E-state index < -0.39 is 0 Å². The van der Waals surface area contributed by atoms with Gasteiger partial charge in [-0.15, -0.1) is 0 Å². The van der Waals surface area contributed by atoms with Crippen molar-refractivity contribution in [2.24, 2.45) is 5.41 Å². The van der Waals surface area contributed by atoms with E-state index in [1.54, 1.807) is 7.11 Å². The maximum absolute atomic E-state index is 12.4. The largest absolute Gasteiger partial charge is 0.495 e. The van der Waals surface area contributed by atoms with Crippen LogP contribution in [0, 0.1) is 5.41 Å². The molecule has 20 heavy (non-hydrogen) atoms. The van der Waals surface area contributed by atoms with Crippen LogP contribution < -0.4 is 15.8 Å². The molecule has 0 bridgehead atoms. The van der Waals surface area contributed by atoms with Crippen molar-refractivity contribution in [3.8, 4) is 5.75 Å². The van der Waals surface area contributed by atoms with Gasteiger partial charge in [-0.05, 0) is 37.0 Å². The van der Waals surface area contributed by atoms with E-state index in [2.05, 4.69) is 12.2 Å². The maximum atomic E-state index is 12.4. The van der Waals surface area contributed by atoms with E-state index in [1.807, 2.05) is 18.2 Å². The van der Waals surface area contributed by atoms with Gasteiger partial charge < -0.3 is 15.8 Å². The van der Waals surface area contributed by atoms with Crippen molar-refractivity contribution in [1.29, 1.82) is 0 Å². The first kappa shape index (κ1) is 14.7. The lowest BCUT2D eigenvalue weighted by Crippen LogP contribution is -2.38. The van der Waals surface area contributed by atoms with Crippen molar-refractivity contribution >= 4 is 11.6 Å². The topological polar surface area (TPSA) is 64.3 Å². The summed E-state index contributed by atoms with van der Waals surface area (Å²) in [5, 5.41) is 3.06. The van der Waals surface area contributed by atoms with Gasteiger partial charge in [0.15, 0.2) is 0 Å². The van der Waals surface area contributed by atoms with Gasteiger partial charge in [0, 0.05) is 12.0 Å². The molecule has 1 amide bonds. The van der Waals surface area contributed by atoms with E-state index in [0.29, 0.717) is 18.0 Å². The Morgan fingerprint density at radius 1 is 1.40 bits per heavy atom. The Labute approximate surface area is 120 Å². The lowest BCUT2D eigenvalue weighted by Gasteiger charge is -2.26. The molecule has 4 nitrogen and oxygen atoms in total. The molecule has 110 valence electrons. The molecule has 0 aliphatic heterocycles. The average molecular weight is 276 g/mol. The van der Waals surface area contributed by atoms with Crippen molar-refractivity contribution in [2.75, 3.05) is 12.8 Å². The summed E-state index contributed by atoms with van der Waals surface area (Å²) < 4.78 is 5.13. The van der Waals surface area contributed by atoms with Gasteiger partial charge in [-0.2, -0.15) is 0 Å². The summed E-state index contributed by atoms with van der Waals surface area (Å²) >= 11 is 0. The molecule has 0 unspecified atom stereocenters. The molecule has 3 N–H and O–H groups in total. The molecule has 0 aromatic heterocycles. The molecule has 0 atom stereocenters. The molecule has 4 heteroatoms. The quantitative estimate of drug-likeness (QED) is 0.813. The SMILES string of the molecule is CCC1(C(=O)NCc2ccc(OC)c(N)c2)CCCC1. The number of hydrogen-bond acceptors (Lipinski definition) is 3. The van der Waals surface area contributed by atoms with Gasteiger partial charge in [0.2, 0.25) is 5.91 Å². The van der Waals surface area contributed by atoms with E-state index >= 15 is 0 Å². The molecule has 1 aliphatic rings. The number of carbonyl (C=O) groups is 1. The van der Waals surface area contributed by atoms with Crippen LogP contribution in [0.1, 0.15) is 44.6 Å². The van der Waals surface area contributed by atoms with Crippen LogP contribution in [-0.2, 0) is 11.3 Å². The fraction of sp³-hybridized carbons (Fsp3) is 0.562. The number of nitrogens with two attached hydrogens (primary N) is 1. The number of hydrogen-bond donors (Lipinski definition) is 2. The fourth-order valence-electron chi connectivity index (χ4n) is 3.06. The molecule has 1 fully saturated rings. The third kappa shape index (κ3) is 2.89. The van der Waals surface area contributed by atoms with E-state index in [1.165, 1.54) is 0 Å². The van der Waals surface area contributed by atoms with Gasteiger partial charge in [0.1, 0.15) is 5.75 Å². The first-order valence-electron chi connectivity index (χ1n) is 7.32. The highest BCUT2D eigenvalue weighted by Crippen LogP contribution is 2.41. The number of anilines is 1. The summed E-state index contributed by atoms with van der Waals surface area (Å²) in [6.07, 6.45) is 5.28. The molecule has 0 radical (unpaired) electrons. The van der Waals surface area contributed by atoms with Crippen LogP contribution in [0.15, 0.2) is 18.2 Å². The molecule has 2 rings (SSSR count). The molecule has 1 aliphatic carbocycles. The third-order valence-electron chi connectivity index (χ3n) is 4.47. The highest BCUT2D eigenvalue weighted by atomic mass is 16.5. The summed E-state index contributed by atoms with van der Waals surface area (Å²) in [4.78, 5) is 12.4. The van der Waals surface area contributed by atoms with Crippen LogP contribution >= 0.6 is 0 Å². The Morgan fingerprint density at radius 3 is 2.65 bits per heavy atom. The van der Waals surface area contributed by atoms with Crippen molar-refractivity contribution in [2.45, 2.75) is 45.6 Å². The summed E-state index contributed by atoms with van der Waals surface area (Å²) in [7, 11) is 1.60. The lowest BCUT2D eigenvalue weighted by atomic mass is 9.82. The number of methoxy groups -OCH3 is 1. The van der Waals surface area contributed by atoms with Gasteiger partial charge in [-0.3, -0.25) is 4.79 Å². The number of amides is 1. The molecule has 1 aromatic rings. The van der Waals surface area contributed by atoms with Crippen molar-refractivity contribution < 1.29 is 9.53 Å². The predicted octanol–water partition coefficient (Wildman–Crippen LogP) is 2.86. The second-order valence-corrected chi connectivity index (χ2v) is 5.60. The average Bonchev–Trinajstić information content (AvgIpc) is 2.95. The summed E-state index contributed by atoms with van der Waals surface area (Å²) in [6, 6.07) is 5.62. The van der Waals surface area contributed by atoms with Crippen LogP contribution in [-0.4, -0.2) is 13.0 Å². The summed E-state index contributed by atoms with van der Waals surface area (Å²) in [6.45, 7) is 2.63. The molecular formula is C16H24N2O2.